The average molecular weight is 400 g/mol. The molecule has 0 aliphatic carbocycles. The monoisotopic (exact) mass is 399 g/mol. The van der Waals surface area contributed by atoms with Crippen LogP contribution >= 0.6 is 23.1 Å². The van der Waals surface area contributed by atoms with Crippen LogP contribution in [-0.2, 0) is 4.79 Å². The molecular weight excluding hydrogens is 380 g/mol. The number of rotatable bonds is 3. The number of fused-ring (bicyclic) bond motifs is 3. The maximum atomic E-state index is 13.0. The van der Waals surface area contributed by atoms with Crippen LogP contribution in [0.5, 0.6) is 0 Å². The number of para-hydroxylation sites is 1. The first kappa shape index (κ1) is 17.9. The van der Waals surface area contributed by atoms with Crippen molar-refractivity contribution in [3.8, 4) is 11.3 Å². The van der Waals surface area contributed by atoms with Crippen LogP contribution in [0.3, 0.4) is 0 Å². The fourth-order valence-electron chi connectivity index (χ4n) is 3.40. The van der Waals surface area contributed by atoms with Gasteiger partial charge in [0.05, 0.1) is 11.3 Å². The van der Waals surface area contributed by atoms with Crippen LogP contribution in [0.25, 0.3) is 11.3 Å². The van der Waals surface area contributed by atoms with Gasteiger partial charge in [-0.25, -0.2) is 4.90 Å². The summed E-state index contributed by atoms with van der Waals surface area (Å²) in [5.74, 6) is 0.697. The van der Waals surface area contributed by atoms with E-state index in [1.165, 1.54) is 11.8 Å². The molecule has 138 valence electrons. The molecule has 1 N–H and O–H groups in total. The molecule has 1 aliphatic heterocycles. The van der Waals surface area contributed by atoms with E-state index in [9.17, 15) is 9.59 Å². The van der Waals surface area contributed by atoms with Gasteiger partial charge in [-0.3, -0.25) is 14.6 Å². The summed E-state index contributed by atoms with van der Waals surface area (Å²) in [5.41, 5.74) is 2.78. The van der Waals surface area contributed by atoms with E-state index in [0.717, 1.165) is 21.9 Å². The van der Waals surface area contributed by atoms with E-state index < -0.39 is 6.17 Å². The highest BCUT2D eigenvalue weighted by molar-refractivity contribution is 7.99. The maximum Gasteiger partial charge on any atom is 0.325 e. The molecule has 0 fully saturated rings. The topological polar surface area (TPSA) is 69.9 Å². The number of carbonyl (C=O) groups is 1. The third-order valence-electron chi connectivity index (χ3n) is 4.51. The summed E-state index contributed by atoms with van der Waals surface area (Å²) in [4.78, 5) is 31.3. The van der Waals surface area contributed by atoms with E-state index in [0.29, 0.717) is 16.4 Å². The molecule has 1 amide bonds. The molecule has 0 saturated carbocycles. The van der Waals surface area contributed by atoms with Crippen molar-refractivity contribution in [2.75, 3.05) is 10.7 Å². The van der Waals surface area contributed by atoms with Crippen molar-refractivity contribution in [1.29, 1.82) is 0 Å². The van der Waals surface area contributed by atoms with E-state index in [1.54, 1.807) is 27.8 Å². The number of hydrogen-bond donors (Lipinski definition) is 1. The number of nitrogens with zero attached hydrogens (tertiary/aromatic N) is 3. The number of nitrogens with one attached hydrogen (secondary N) is 1. The predicted molar refractivity (Wildman–Crippen MR) is 107 cm³/mol. The van der Waals surface area contributed by atoms with Gasteiger partial charge in [-0.05, 0) is 46.5 Å². The summed E-state index contributed by atoms with van der Waals surface area (Å²) in [6.07, 6.45) is -0.481. The zero-order valence-electron chi connectivity index (χ0n) is 15.2. The molecule has 1 atom stereocenters. The molecule has 6 nitrogen and oxygen atoms in total. The number of H-pyrrole nitrogens is 1. The molecule has 1 aromatic carbocycles. The molecule has 1 unspecified atom stereocenters. The lowest BCUT2D eigenvalue weighted by atomic mass is 10.0. The van der Waals surface area contributed by atoms with Crippen LogP contribution in [0, 0.1) is 6.92 Å². The number of aryl methyl sites for hydroxylation is 1. The highest BCUT2D eigenvalue weighted by atomic mass is 32.2. The van der Waals surface area contributed by atoms with Crippen LogP contribution in [0.2, 0.25) is 0 Å². The number of aromatic amines is 1. The molecule has 0 saturated heterocycles. The van der Waals surface area contributed by atoms with Gasteiger partial charge in [-0.1, -0.05) is 30.8 Å². The van der Waals surface area contributed by atoms with Crippen molar-refractivity contribution >= 4 is 34.7 Å². The highest BCUT2D eigenvalue weighted by Crippen LogP contribution is 2.39. The molecule has 4 rings (SSSR count). The fraction of sp³-hybridized carbons (Fsp3) is 0.263. The number of thiophene rings is 1. The van der Waals surface area contributed by atoms with Crippen LogP contribution in [0.1, 0.15) is 30.5 Å². The molecule has 3 aromatic rings. The van der Waals surface area contributed by atoms with Crippen LogP contribution in [-0.4, -0.2) is 21.7 Å². The number of amides is 1. The number of hydrogen-bond acceptors (Lipinski definition) is 5. The first-order chi connectivity index (χ1) is 13.0. The van der Waals surface area contributed by atoms with E-state index in [4.69, 9.17) is 5.10 Å². The van der Waals surface area contributed by atoms with Gasteiger partial charge in [0.25, 0.3) is 0 Å². The summed E-state index contributed by atoms with van der Waals surface area (Å²) in [5, 5.41) is 7.26. The standard InChI is InChI=1S/C19H18N4O2S2/c1-4-26-19-20-17(25)15-13-7-5-6-8-14(13)22(12(3)24)18(23(15)21-19)16-11(2)9-10-27-16/h5-10,18H,4H2,1-3H3/p+1. The first-order valence-electron chi connectivity index (χ1n) is 8.65. The molecular formula is C19H19N4O2S2+. The second kappa shape index (κ2) is 6.94. The van der Waals surface area contributed by atoms with E-state index in [-0.39, 0.29) is 11.5 Å². The van der Waals surface area contributed by atoms with E-state index in [1.807, 2.05) is 49.6 Å². The molecule has 0 spiro atoms. The van der Waals surface area contributed by atoms with Gasteiger partial charge in [0.2, 0.25) is 11.1 Å². The summed E-state index contributed by atoms with van der Waals surface area (Å²) >= 11 is 3.04. The van der Waals surface area contributed by atoms with E-state index in [2.05, 4.69) is 4.98 Å². The Morgan fingerprint density at radius 2 is 2.15 bits per heavy atom. The molecule has 0 radical (unpaired) electrons. The molecule has 27 heavy (non-hydrogen) atoms. The van der Waals surface area contributed by atoms with Gasteiger partial charge >= 0.3 is 17.4 Å². The lowest BCUT2D eigenvalue weighted by molar-refractivity contribution is -0.762. The number of aromatic nitrogens is 3. The zero-order valence-corrected chi connectivity index (χ0v) is 16.9. The minimum Gasteiger partial charge on any atom is -0.291 e. The van der Waals surface area contributed by atoms with Gasteiger partial charge in [-0.15, -0.1) is 11.3 Å². The Morgan fingerprint density at radius 3 is 2.81 bits per heavy atom. The average Bonchev–Trinajstić information content (AvgIpc) is 3.05. The Kier molecular flexibility index (Phi) is 4.61. The third kappa shape index (κ3) is 2.89. The zero-order chi connectivity index (χ0) is 19.1. The molecule has 8 heteroatoms. The Bertz CT molecular complexity index is 1090. The van der Waals surface area contributed by atoms with Crippen molar-refractivity contribution in [3.63, 3.8) is 0 Å². The normalized spacial score (nSPS) is 15.4. The lowest BCUT2D eigenvalue weighted by Gasteiger charge is -2.31. The lowest BCUT2D eigenvalue weighted by Crippen LogP contribution is -2.60. The Labute approximate surface area is 164 Å². The van der Waals surface area contributed by atoms with Gasteiger partial charge in [0.15, 0.2) is 0 Å². The summed E-state index contributed by atoms with van der Waals surface area (Å²) in [6.45, 7) is 5.57. The number of benzene rings is 1. The summed E-state index contributed by atoms with van der Waals surface area (Å²) < 4.78 is 1.71. The number of carbonyl (C=O) groups excluding carboxylic acids is 1. The minimum atomic E-state index is -0.481. The molecule has 3 heterocycles. The molecule has 1 aliphatic rings. The van der Waals surface area contributed by atoms with Gasteiger partial charge in [0.1, 0.15) is 4.88 Å². The van der Waals surface area contributed by atoms with Crippen molar-refractivity contribution in [2.45, 2.75) is 32.1 Å². The Hall–Kier alpha value is -2.45. The van der Waals surface area contributed by atoms with Crippen molar-refractivity contribution in [1.82, 2.24) is 10.1 Å². The SMILES string of the molecule is CCSc1n[n+]2c(c(=O)[nH]1)-c1ccccc1N(C(C)=O)C2c1sccc1C. The third-order valence-corrected chi connectivity index (χ3v) is 6.32. The van der Waals surface area contributed by atoms with Gasteiger partial charge in [-0.2, -0.15) is 0 Å². The predicted octanol–water partition coefficient (Wildman–Crippen LogP) is 3.12. The van der Waals surface area contributed by atoms with E-state index >= 15 is 0 Å². The van der Waals surface area contributed by atoms with Crippen molar-refractivity contribution < 1.29 is 9.48 Å². The van der Waals surface area contributed by atoms with Crippen molar-refractivity contribution in [2.24, 2.45) is 0 Å². The van der Waals surface area contributed by atoms with Crippen LogP contribution in [0.4, 0.5) is 5.69 Å². The highest BCUT2D eigenvalue weighted by Gasteiger charge is 2.45. The largest absolute Gasteiger partial charge is 0.325 e. The smallest absolute Gasteiger partial charge is 0.291 e. The summed E-state index contributed by atoms with van der Waals surface area (Å²) in [7, 11) is 0. The van der Waals surface area contributed by atoms with Gasteiger partial charge in [0, 0.05) is 12.0 Å². The maximum absolute atomic E-state index is 13.0. The second-order valence-electron chi connectivity index (χ2n) is 6.23. The summed E-state index contributed by atoms with van der Waals surface area (Å²) in [6, 6.07) is 9.51. The van der Waals surface area contributed by atoms with Gasteiger partial charge < -0.3 is 0 Å². The fourth-order valence-corrected chi connectivity index (χ4v) is 4.99. The number of anilines is 1. The van der Waals surface area contributed by atoms with Crippen LogP contribution < -0.4 is 15.1 Å². The molecule has 0 bridgehead atoms. The molecule has 2 aromatic heterocycles. The number of thioether (sulfide) groups is 1. The Morgan fingerprint density at radius 1 is 1.37 bits per heavy atom. The van der Waals surface area contributed by atoms with Crippen molar-refractivity contribution in [3.05, 3.63) is 56.5 Å². The second-order valence-corrected chi connectivity index (χ2v) is 8.43. The quantitative estimate of drug-likeness (QED) is 0.543. The first-order valence-corrected chi connectivity index (χ1v) is 10.5. The minimum absolute atomic E-state index is 0.0924. The Balaban J connectivity index is 2.09. The van der Waals surface area contributed by atoms with Crippen LogP contribution in [0.15, 0.2) is 45.7 Å².